The van der Waals surface area contributed by atoms with Crippen LogP contribution < -0.4 is 0 Å². The zero-order valence-corrected chi connectivity index (χ0v) is 16.0. The predicted octanol–water partition coefficient (Wildman–Crippen LogP) is 1.62. The lowest BCUT2D eigenvalue weighted by atomic mass is 9.81. The fraction of sp³-hybridized carbons (Fsp3) is 0.524. The van der Waals surface area contributed by atoms with Crippen LogP contribution in [0.2, 0.25) is 0 Å². The Labute approximate surface area is 160 Å². The summed E-state index contributed by atoms with van der Waals surface area (Å²) in [4.78, 5) is 16.7. The molecule has 0 aliphatic carbocycles. The van der Waals surface area contributed by atoms with Crippen LogP contribution in [-0.4, -0.2) is 62.4 Å². The molecule has 2 saturated heterocycles. The van der Waals surface area contributed by atoms with Crippen molar-refractivity contribution < 1.29 is 9.90 Å². The van der Waals surface area contributed by atoms with Gasteiger partial charge in [0.2, 0.25) is 5.91 Å². The third-order valence-corrected chi connectivity index (χ3v) is 6.13. The molecular formula is C21H28N4O2. The molecule has 0 radical (unpaired) electrons. The first-order valence-electron chi connectivity index (χ1n) is 9.73. The fourth-order valence-corrected chi connectivity index (χ4v) is 4.90. The lowest BCUT2D eigenvalue weighted by Crippen LogP contribution is -2.44. The first-order valence-corrected chi connectivity index (χ1v) is 9.73. The number of aliphatic hydroxyl groups excluding tert-OH is 1. The molecule has 4 rings (SSSR count). The Bertz CT molecular complexity index is 790. The second kappa shape index (κ2) is 7.44. The Morgan fingerprint density at radius 3 is 2.70 bits per heavy atom. The van der Waals surface area contributed by atoms with Gasteiger partial charge in [-0.3, -0.25) is 14.4 Å². The molecule has 0 saturated carbocycles. The van der Waals surface area contributed by atoms with E-state index in [4.69, 9.17) is 0 Å². The fourth-order valence-electron chi connectivity index (χ4n) is 4.90. The lowest BCUT2D eigenvalue weighted by molar-refractivity contribution is -0.130. The Morgan fingerprint density at radius 2 is 2.04 bits per heavy atom. The predicted molar refractivity (Wildman–Crippen MR) is 103 cm³/mol. The van der Waals surface area contributed by atoms with Crippen LogP contribution in [-0.2, 0) is 18.4 Å². The molecule has 2 aliphatic heterocycles. The summed E-state index contributed by atoms with van der Waals surface area (Å²) in [7, 11) is 1.92. The molecule has 6 heteroatoms. The van der Waals surface area contributed by atoms with Crippen LogP contribution in [0.25, 0.3) is 0 Å². The third kappa shape index (κ3) is 3.64. The number of hydrogen-bond acceptors (Lipinski definition) is 4. The van der Waals surface area contributed by atoms with Crippen molar-refractivity contribution in [2.24, 2.45) is 13.0 Å². The van der Waals surface area contributed by atoms with Gasteiger partial charge in [-0.1, -0.05) is 30.3 Å². The highest BCUT2D eigenvalue weighted by Crippen LogP contribution is 2.42. The van der Waals surface area contributed by atoms with E-state index in [0.29, 0.717) is 6.54 Å². The number of nitrogens with zero attached hydrogens (tertiary/aromatic N) is 4. The summed E-state index contributed by atoms with van der Waals surface area (Å²) >= 11 is 0. The summed E-state index contributed by atoms with van der Waals surface area (Å²) in [5.74, 6) is 0.363. The quantitative estimate of drug-likeness (QED) is 0.894. The number of benzene rings is 1. The maximum atomic E-state index is 12.4. The maximum absolute atomic E-state index is 12.4. The molecule has 2 fully saturated rings. The Hall–Kier alpha value is -2.18. The average Bonchev–Trinajstić information content (AvgIpc) is 3.19. The molecule has 6 nitrogen and oxygen atoms in total. The topological polar surface area (TPSA) is 61.6 Å². The van der Waals surface area contributed by atoms with Gasteiger partial charge in [0.25, 0.3) is 0 Å². The number of likely N-dealkylation sites (tertiary alicyclic amines) is 2. The van der Waals surface area contributed by atoms with E-state index >= 15 is 0 Å². The molecule has 0 bridgehead atoms. The van der Waals surface area contributed by atoms with E-state index in [9.17, 15) is 9.90 Å². The number of aliphatic hydroxyl groups is 1. The van der Waals surface area contributed by atoms with Crippen LogP contribution in [0.3, 0.4) is 0 Å². The van der Waals surface area contributed by atoms with Crippen LogP contribution in [0.15, 0.2) is 42.7 Å². The number of amides is 1. The van der Waals surface area contributed by atoms with Gasteiger partial charge in [0.05, 0.1) is 18.3 Å². The van der Waals surface area contributed by atoms with Crippen molar-refractivity contribution in [3.05, 3.63) is 53.9 Å². The summed E-state index contributed by atoms with van der Waals surface area (Å²) in [6, 6.07) is 10.4. The monoisotopic (exact) mass is 368 g/mol. The second-order valence-corrected chi connectivity index (χ2v) is 7.95. The zero-order chi connectivity index (χ0) is 19.0. The standard InChI is InChI=1S/C21H28N4O2/c1-15(26)25-13-18(17-6-4-3-5-7-17)21-19(25)14-24(9-8-20(21)27)12-16-10-22-23(2)11-16/h3-7,10-11,18-21,27H,8-9,12-14H2,1-2H3/t18-,19+,20+,21-/m0/s1. The molecule has 1 aromatic carbocycles. The number of fused-ring (bicyclic) bond motifs is 1. The number of carbonyl (C=O) groups is 1. The van der Waals surface area contributed by atoms with Gasteiger partial charge in [-0.25, -0.2) is 0 Å². The highest BCUT2D eigenvalue weighted by atomic mass is 16.3. The van der Waals surface area contributed by atoms with Crippen LogP contribution >= 0.6 is 0 Å². The van der Waals surface area contributed by atoms with Crippen molar-refractivity contribution >= 4 is 5.91 Å². The average molecular weight is 368 g/mol. The molecule has 1 aromatic heterocycles. The Kier molecular flexibility index (Phi) is 5.02. The molecule has 27 heavy (non-hydrogen) atoms. The van der Waals surface area contributed by atoms with Gasteiger partial charge in [0.15, 0.2) is 0 Å². The van der Waals surface area contributed by atoms with Gasteiger partial charge in [-0.05, 0) is 12.0 Å². The van der Waals surface area contributed by atoms with Gasteiger partial charge in [-0.2, -0.15) is 5.10 Å². The third-order valence-electron chi connectivity index (χ3n) is 6.13. The van der Waals surface area contributed by atoms with E-state index in [-0.39, 0.29) is 23.8 Å². The van der Waals surface area contributed by atoms with Crippen LogP contribution in [0.4, 0.5) is 0 Å². The minimum absolute atomic E-state index is 0.0434. The molecule has 3 heterocycles. The van der Waals surface area contributed by atoms with E-state index in [1.165, 1.54) is 5.56 Å². The minimum atomic E-state index is -0.400. The summed E-state index contributed by atoms with van der Waals surface area (Å²) in [5, 5.41) is 15.3. The van der Waals surface area contributed by atoms with Gasteiger partial charge < -0.3 is 10.0 Å². The SMILES string of the molecule is CC(=O)N1C[C@@H](c2ccccc2)[C@@H]2[C@H](O)CCN(Cc3cnn(C)c3)C[C@H]21. The van der Waals surface area contributed by atoms with Crippen molar-refractivity contribution in [3.8, 4) is 0 Å². The van der Waals surface area contributed by atoms with Crippen LogP contribution in [0, 0.1) is 5.92 Å². The van der Waals surface area contributed by atoms with Gasteiger partial charge in [0.1, 0.15) is 0 Å². The summed E-state index contributed by atoms with van der Waals surface area (Å²) < 4.78 is 1.81. The molecule has 144 valence electrons. The van der Waals surface area contributed by atoms with Crippen molar-refractivity contribution in [2.75, 3.05) is 19.6 Å². The lowest BCUT2D eigenvalue weighted by Gasteiger charge is -2.31. The van der Waals surface area contributed by atoms with E-state index in [1.54, 1.807) is 6.92 Å². The summed E-state index contributed by atoms with van der Waals surface area (Å²) in [5.41, 5.74) is 2.38. The van der Waals surface area contributed by atoms with Crippen molar-refractivity contribution in [2.45, 2.75) is 38.0 Å². The van der Waals surface area contributed by atoms with E-state index in [0.717, 1.165) is 31.6 Å². The molecular weight excluding hydrogens is 340 g/mol. The van der Waals surface area contributed by atoms with E-state index < -0.39 is 6.10 Å². The number of aryl methyl sites for hydroxylation is 1. The van der Waals surface area contributed by atoms with Gasteiger partial charge in [-0.15, -0.1) is 0 Å². The number of rotatable bonds is 3. The molecule has 2 aliphatic rings. The summed E-state index contributed by atoms with van der Waals surface area (Å²) in [6.07, 6.45) is 4.26. The molecule has 1 N–H and O–H groups in total. The smallest absolute Gasteiger partial charge is 0.219 e. The molecule has 1 amide bonds. The van der Waals surface area contributed by atoms with E-state index in [2.05, 4.69) is 22.1 Å². The van der Waals surface area contributed by atoms with Crippen molar-refractivity contribution in [3.63, 3.8) is 0 Å². The zero-order valence-electron chi connectivity index (χ0n) is 16.0. The molecule has 0 spiro atoms. The second-order valence-electron chi connectivity index (χ2n) is 7.95. The first kappa shape index (κ1) is 18.2. The normalized spacial score (nSPS) is 28.8. The largest absolute Gasteiger partial charge is 0.393 e. The highest BCUT2D eigenvalue weighted by Gasteiger charge is 2.48. The van der Waals surface area contributed by atoms with Crippen molar-refractivity contribution in [1.29, 1.82) is 0 Å². The molecule has 0 unspecified atom stereocenters. The van der Waals surface area contributed by atoms with Crippen LogP contribution in [0.5, 0.6) is 0 Å². The van der Waals surface area contributed by atoms with E-state index in [1.807, 2.05) is 47.2 Å². The summed E-state index contributed by atoms with van der Waals surface area (Å²) in [6.45, 7) is 4.75. The first-order chi connectivity index (χ1) is 13.0. The Balaban J connectivity index is 1.60. The minimum Gasteiger partial charge on any atom is -0.393 e. The Morgan fingerprint density at radius 1 is 1.26 bits per heavy atom. The molecule has 4 atom stereocenters. The van der Waals surface area contributed by atoms with Crippen molar-refractivity contribution in [1.82, 2.24) is 19.6 Å². The number of aromatic nitrogens is 2. The highest BCUT2D eigenvalue weighted by molar-refractivity contribution is 5.74. The van der Waals surface area contributed by atoms with Gasteiger partial charge >= 0.3 is 0 Å². The van der Waals surface area contributed by atoms with Crippen LogP contribution in [0.1, 0.15) is 30.4 Å². The maximum Gasteiger partial charge on any atom is 0.219 e. The number of carbonyl (C=O) groups excluding carboxylic acids is 1. The molecule has 2 aromatic rings. The number of hydrogen-bond donors (Lipinski definition) is 1. The van der Waals surface area contributed by atoms with Gasteiger partial charge in [0, 0.05) is 63.7 Å².